The van der Waals surface area contributed by atoms with Crippen molar-refractivity contribution in [1.82, 2.24) is 14.9 Å². The Labute approximate surface area is 159 Å². The van der Waals surface area contributed by atoms with Crippen LogP contribution in [-0.4, -0.2) is 39.1 Å². The molecule has 2 heterocycles. The van der Waals surface area contributed by atoms with Gasteiger partial charge >= 0.3 is 0 Å². The topological polar surface area (TPSA) is 95.2 Å². The molecule has 0 fully saturated rings. The first-order valence-electron chi connectivity index (χ1n) is 8.43. The molecule has 0 radical (unpaired) electrons. The highest BCUT2D eigenvalue weighted by atomic mass is 35.5. The lowest BCUT2D eigenvalue weighted by Gasteiger charge is -2.13. The van der Waals surface area contributed by atoms with E-state index in [2.05, 4.69) is 15.3 Å². The lowest BCUT2D eigenvalue weighted by molar-refractivity contribution is -0.116. The summed E-state index contributed by atoms with van der Waals surface area (Å²) in [4.78, 5) is 44.9. The normalized spacial score (nSPS) is 13.3. The van der Waals surface area contributed by atoms with E-state index >= 15 is 0 Å². The van der Waals surface area contributed by atoms with E-state index in [-0.39, 0.29) is 36.0 Å². The van der Waals surface area contributed by atoms with Crippen LogP contribution in [0, 0.1) is 0 Å². The van der Waals surface area contributed by atoms with E-state index in [9.17, 15) is 14.4 Å². The SMILES string of the molecule is O=C(CCCN1C(=O)c2ccccc2C1=O)Nc1ccc2nc(Cl)[nH]c2c1. The van der Waals surface area contributed by atoms with Crippen molar-refractivity contribution in [3.8, 4) is 0 Å². The van der Waals surface area contributed by atoms with Gasteiger partial charge in [0.15, 0.2) is 0 Å². The molecule has 0 aliphatic carbocycles. The molecule has 0 bridgehead atoms. The number of aromatic nitrogens is 2. The molecule has 7 nitrogen and oxygen atoms in total. The first kappa shape index (κ1) is 17.2. The summed E-state index contributed by atoms with van der Waals surface area (Å²) in [6.07, 6.45) is 0.574. The number of halogens is 1. The van der Waals surface area contributed by atoms with Gasteiger partial charge in [-0.25, -0.2) is 4.98 Å². The molecule has 3 amide bonds. The van der Waals surface area contributed by atoms with Crippen LogP contribution < -0.4 is 5.32 Å². The third kappa shape index (κ3) is 3.29. The van der Waals surface area contributed by atoms with Crippen molar-refractivity contribution in [3.05, 3.63) is 58.9 Å². The summed E-state index contributed by atoms with van der Waals surface area (Å²) in [5.74, 6) is -0.813. The van der Waals surface area contributed by atoms with E-state index in [1.165, 1.54) is 4.90 Å². The fourth-order valence-corrected chi connectivity index (χ4v) is 3.31. The van der Waals surface area contributed by atoms with Crippen LogP contribution in [0.15, 0.2) is 42.5 Å². The van der Waals surface area contributed by atoms with Crippen LogP contribution in [-0.2, 0) is 4.79 Å². The van der Waals surface area contributed by atoms with Gasteiger partial charge in [-0.15, -0.1) is 0 Å². The number of benzene rings is 2. The minimum absolute atomic E-state index is 0.190. The Morgan fingerprint density at radius 2 is 1.81 bits per heavy atom. The number of fused-ring (bicyclic) bond motifs is 2. The van der Waals surface area contributed by atoms with Gasteiger partial charge in [-0.1, -0.05) is 12.1 Å². The van der Waals surface area contributed by atoms with Crippen LogP contribution in [0.5, 0.6) is 0 Å². The molecule has 2 N–H and O–H groups in total. The maximum Gasteiger partial charge on any atom is 0.261 e. The monoisotopic (exact) mass is 382 g/mol. The van der Waals surface area contributed by atoms with Crippen molar-refractivity contribution in [2.75, 3.05) is 11.9 Å². The van der Waals surface area contributed by atoms with Crippen LogP contribution in [0.3, 0.4) is 0 Å². The lowest BCUT2D eigenvalue weighted by atomic mass is 10.1. The van der Waals surface area contributed by atoms with Gasteiger partial charge in [0.05, 0.1) is 22.2 Å². The van der Waals surface area contributed by atoms with Gasteiger partial charge in [0.25, 0.3) is 11.8 Å². The van der Waals surface area contributed by atoms with Gasteiger partial charge in [0.1, 0.15) is 0 Å². The number of carbonyl (C=O) groups excluding carboxylic acids is 3. The Hall–Kier alpha value is -3.19. The van der Waals surface area contributed by atoms with Gasteiger partial charge in [-0.2, -0.15) is 0 Å². The summed E-state index contributed by atoms with van der Waals surface area (Å²) in [6, 6.07) is 12.0. The lowest BCUT2D eigenvalue weighted by Crippen LogP contribution is -2.31. The first-order valence-corrected chi connectivity index (χ1v) is 8.81. The highest BCUT2D eigenvalue weighted by molar-refractivity contribution is 6.29. The van der Waals surface area contributed by atoms with Crippen LogP contribution in [0.25, 0.3) is 11.0 Å². The zero-order chi connectivity index (χ0) is 19.0. The number of imide groups is 1. The van der Waals surface area contributed by atoms with Crippen molar-refractivity contribution in [2.24, 2.45) is 0 Å². The standard InChI is InChI=1S/C19H15ClN4O3/c20-19-22-14-8-7-11(10-15(14)23-19)21-16(25)6-3-9-24-17(26)12-4-1-2-5-13(12)18(24)27/h1-2,4-5,7-8,10H,3,6,9H2,(H,21,25)(H,22,23). The average molecular weight is 383 g/mol. The Bertz CT molecular complexity index is 1040. The number of carbonyl (C=O) groups is 3. The largest absolute Gasteiger partial charge is 0.329 e. The van der Waals surface area contributed by atoms with Crippen molar-refractivity contribution in [1.29, 1.82) is 0 Å². The number of amides is 3. The first-order chi connectivity index (χ1) is 13.0. The molecule has 1 aliphatic heterocycles. The molecule has 8 heteroatoms. The molecule has 1 aliphatic rings. The molecule has 136 valence electrons. The number of hydrogen-bond acceptors (Lipinski definition) is 4. The molecule has 1 aromatic heterocycles. The number of nitrogens with one attached hydrogen (secondary N) is 2. The average Bonchev–Trinajstić information content (AvgIpc) is 3.13. The Balaban J connectivity index is 1.33. The number of anilines is 1. The molecule has 0 atom stereocenters. The maximum absolute atomic E-state index is 12.3. The molecule has 0 spiro atoms. The number of rotatable bonds is 5. The molecule has 0 saturated heterocycles. The Morgan fingerprint density at radius 3 is 2.52 bits per heavy atom. The van der Waals surface area contributed by atoms with Gasteiger partial charge < -0.3 is 10.3 Å². The van der Waals surface area contributed by atoms with Gasteiger partial charge in [-0.05, 0) is 48.4 Å². The quantitative estimate of drug-likeness (QED) is 0.662. The summed E-state index contributed by atoms with van der Waals surface area (Å²) < 4.78 is 0. The molecule has 27 heavy (non-hydrogen) atoms. The van der Waals surface area contributed by atoms with Crippen LogP contribution in [0.2, 0.25) is 5.28 Å². The van der Waals surface area contributed by atoms with Gasteiger partial charge in [-0.3, -0.25) is 19.3 Å². The summed E-state index contributed by atoms with van der Waals surface area (Å²) in [5.41, 5.74) is 2.89. The highest BCUT2D eigenvalue weighted by Gasteiger charge is 2.34. The molecule has 2 aromatic carbocycles. The fraction of sp³-hybridized carbons (Fsp3) is 0.158. The van der Waals surface area contributed by atoms with Crippen molar-refractivity contribution < 1.29 is 14.4 Å². The predicted octanol–water partition coefficient (Wildman–Crippen LogP) is 3.23. The van der Waals surface area contributed by atoms with Crippen molar-refractivity contribution in [3.63, 3.8) is 0 Å². The fourth-order valence-electron chi connectivity index (χ4n) is 3.12. The maximum atomic E-state index is 12.3. The number of imidazole rings is 1. The molecule has 4 rings (SSSR count). The zero-order valence-electron chi connectivity index (χ0n) is 14.2. The number of H-pyrrole nitrogens is 1. The van der Waals surface area contributed by atoms with Crippen LogP contribution in [0.4, 0.5) is 5.69 Å². The minimum atomic E-state index is -0.308. The van der Waals surface area contributed by atoms with Gasteiger partial charge in [0.2, 0.25) is 11.2 Å². The highest BCUT2D eigenvalue weighted by Crippen LogP contribution is 2.23. The van der Waals surface area contributed by atoms with E-state index in [4.69, 9.17) is 11.6 Å². The number of aromatic amines is 1. The van der Waals surface area contributed by atoms with Crippen molar-refractivity contribution in [2.45, 2.75) is 12.8 Å². The summed E-state index contributed by atoms with van der Waals surface area (Å²) in [6.45, 7) is 0.203. The van der Waals surface area contributed by atoms with E-state index in [0.29, 0.717) is 28.8 Å². The van der Waals surface area contributed by atoms with E-state index in [1.54, 1.807) is 42.5 Å². The smallest absolute Gasteiger partial charge is 0.261 e. The second-order valence-electron chi connectivity index (χ2n) is 6.22. The van der Waals surface area contributed by atoms with Crippen LogP contribution in [0.1, 0.15) is 33.6 Å². The van der Waals surface area contributed by atoms with Gasteiger partial charge in [0, 0.05) is 18.7 Å². The van der Waals surface area contributed by atoms with E-state index < -0.39 is 0 Å². The summed E-state index contributed by atoms with van der Waals surface area (Å²) in [5, 5.41) is 3.08. The number of nitrogens with zero attached hydrogens (tertiary/aromatic N) is 2. The third-order valence-electron chi connectivity index (χ3n) is 4.40. The Kier molecular flexibility index (Phi) is 4.37. The zero-order valence-corrected chi connectivity index (χ0v) is 14.9. The second-order valence-corrected chi connectivity index (χ2v) is 6.58. The molecular formula is C19H15ClN4O3. The third-order valence-corrected chi connectivity index (χ3v) is 4.58. The second kappa shape index (κ2) is 6.85. The van der Waals surface area contributed by atoms with Crippen molar-refractivity contribution >= 4 is 46.0 Å². The molecular weight excluding hydrogens is 368 g/mol. The Morgan fingerprint density at radius 1 is 1.11 bits per heavy atom. The molecule has 0 saturated carbocycles. The summed E-state index contributed by atoms with van der Waals surface area (Å²) in [7, 11) is 0. The molecule has 0 unspecified atom stereocenters. The predicted molar refractivity (Wildman–Crippen MR) is 101 cm³/mol. The number of hydrogen-bond donors (Lipinski definition) is 2. The van der Waals surface area contributed by atoms with E-state index in [0.717, 1.165) is 5.52 Å². The summed E-state index contributed by atoms with van der Waals surface area (Å²) >= 11 is 5.82. The molecule has 3 aromatic rings. The van der Waals surface area contributed by atoms with E-state index in [1.807, 2.05) is 0 Å². The minimum Gasteiger partial charge on any atom is -0.329 e. The van der Waals surface area contributed by atoms with Crippen LogP contribution >= 0.6 is 11.6 Å².